The largest absolute Gasteiger partial charge is 0.361 e. The Balaban J connectivity index is 1.51. The Labute approximate surface area is 169 Å². The number of nitrogens with one attached hydrogen (secondary N) is 1. The summed E-state index contributed by atoms with van der Waals surface area (Å²) < 4.78 is 0. The SMILES string of the molecule is CN1CCN(C(=O)CN2C(=O)c3ccccc3[C@H]2c2c[nH]c3ccccc23)CC1. The Morgan fingerprint density at radius 2 is 1.72 bits per heavy atom. The normalized spacial score (nSPS) is 19.8. The van der Waals surface area contributed by atoms with Gasteiger partial charge in [0, 0.05) is 54.4 Å². The van der Waals surface area contributed by atoms with Crippen molar-refractivity contribution in [2.24, 2.45) is 0 Å². The minimum Gasteiger partial charge on any atom is -0.361 e. The van der Waals surface area contributed by atoms with Crippen molar-refractivity contribution in [2.75, 3.05) is 39.8 Å². The van der Waals surface area contributed by atoms with Crippen LogP contribution in [0.4, 0.5) is 0 Å². The van der Waals surface area contributed by atoms with Gasteiger partial charge in [0.2, 0.25) is 5.91 Å². The number of benzene rings is 2. The third-order valence-corrected chi connectivity index (χ3v) is 6.14. The van der Waals surface area contributed by atoms with E-state index in [4.69, 9.17) is 0 Å². The third kappa shape index (κ3) is 3.00. The smallest absolute Gasteiger partial charge is 0.255 e. The van der Waals surface area contributed by atoms with Crippen molar-refractivity contribution in [1.29, 1.82) is 0 Å². The average molecular weight is 388 g/mol. The second kappa shape index (κ2) is 7.04. The van der Waals surface area contributed by atoms with Gasteiger partial charge in [-0.2, -0.15) is 0 Å². The molecule has 2 amide bonds. The molecule has 0 spiro atoms. The van der Waals surface area contributed by atoms with Crippen molar-refractivity contribution in [1.82, 2.24) is 19.7 Å². The number of para-hydroxylation sites is 1. The van der Waals surface area contributed by atoms with Crippen LogP contribution in [0, 0.1) is 0 Å². The highest BCUT2D eigenvalue weighted by Gasteiger charge is 2.40. The minimum absolute atomic E-state index is 0.0177. The van der Waals surface area contributed by atoms with Gasteiger partial charge in [0.05, 0.1) is 6.04 Å². The van der Waals surface area contributed by atoms with Crippen molar-refractivity contribution in [2.45, 2.75) is 6.04 Å². The average Bonchev–Trinajstić information content (AvgIpc) is 3.28. The number of aromatic nitrogens is 1. The van der Waals surface area contributed by atoms with Gasteiger partial charge in [-0.25, -0.2) is 0 Å². The molecule has 3 heterocycles. The van der Waals surface area contributed by atoms with E-state index in [0.29, 0.717) is 18.7 Å². The highest BCUT2D eigenvalue weighted by atomic mass is 16.2. The molecule has 148 valence electrons. The number of fused-ring (bicyclic) bond motifs is 2. The van der Waals surface area contributed by atoms with Gasteiger partial charge in [0.25, 0.3) is 5.91 Å². The Hall–Kier alpha value is -3.12. The van der Waals surface area contributed by atoms with E-state index in [0.717, 1.165) is 35.1 Å². The van der Waals surface area contributed by atoms with Crippen LogP contribution >= 0.6 is 0 Å². The van der Waals surface area contributed by atoms with Crippen LogP contribution in [0.1, 0.15) is 27.5 Å². The van der Waals surface area contributed by atoms with Crippen LogP contribution in [-0.2, 0) is 4.79 Å². The number of carbonyl (C=O) groups is 2. The van der Waals surface area contributed by atoms with E-state index >= 15 is 0 Å². The van der Waals surface area contributed by atoms with Crippen LogP contribution in [0.3, 0.4) is 0 Å². The lowest BCUT2D eigenvalue weighted by molar-refractivity contribution is -0.133. The monoisotopic (exact) mass is 388 g/mol. The van der Waals surface area contributed by atoms with E-state index < -0.39 is 0 Å². The molecule has 0 radical (unpaired) electrons. The maximum Gasteiger partial charge on any atom is 0.255 e. The molecule has 6 nitrogen and oxygen atoms in total. The molecule has 2 aliphatic heterocycles. The van der Waals surface area contributed by atoms with Gasteiger partial charge in [-0.3, -0.25) is 9.59 Å². The Bertz CT molecular complexity index is 1080. The zero-order valence-electron chi connectivity index (χ0n) is 16.5. The highest BCUT2D eigenvalue weighted by molar-refractivity contribution is 6.02. The van der Waals surface area contributed by atoms with E-state index in [1.54, 1.807) is 4.90 Å². The fourth-order valence-electron chi connectivity index (χ4n) is 4.49. The zero-order chi connectivity index (χ0) is 20.0. The summed E-state index contributed by atoms with van der Waals surface area (Å²) in [7, 11) is 2.06. The summed E-state index contributed by atoms with van der Waals surface area (Å²) in [5, 5.41) is 1.08. The topological polar surface area (TPSA) is 59.6 Å². The summed E-state index contributed by atoms with van der Waals surface area (Å²) in [6, 6.07) is 15.5. The lowest BCUT2D eigenvalue weighted by atomic mass is 9.97. The molecule has 1 aromatic heterocycles. The second-order valence-corrected chi connectivity index (χ2v) is 7.90. The Morgan fingerprint density at radius 1 is 1.00 bits per heavy atom. The van der Waals surface area contributed by atoms with Crippen LogP contribution in [-0.4, -0.2) is 71.3 Å². The number of carbonyl (C=O) groups excluding carboxylic acids is 2. The maximum absolute atomic E-state index is 13.2. The third-order valence-electron chi connectivity index (χ3n) is 6.14. The first-order chi connectivity index (χ1) is 14.1. The van der Waals surface area contributed by atoms with Gasteiger partial charge in [0.15, 0.2) is 0 Å². The number of amides is 2. The highest BCUT2D eigenvalue weighted by Crippen LogP contribution is 2.40. The Morgan fingerprint density at radius 3 is 2.55 bits per heavy atom. The van der Waals surface area contributed by atoms with E-state index in [9.17, 15) is 9.59 Å². The number of likely N-dealkylation sites (N-methyl/N-ethyl adjacent to an activating group) is 1. The van der Waals surface area contributed by atoms with Gasteiger partial charge >= 0.3 is 0 Å². The molecular weight excluding hydrogens is 364 g/mol. The van der Waals surface area contributed by atoms with Crippen molar-refractivity contribution in [3.8, 4) is 0 Å². The molecule has 3 aromatic rings. The van der Waals surface area contributed by atoms with Crippen molar-refractivity contribution in [3.63, 3.8) is 0 Å². The van der Waals surface area contributed by atoms with E-state index in [1.807, 2.05) is 53.6 Å². The molecule has 1 fully saturated rings. The molecule has 0 aliphatic carbocycles. The van der Waals surface area contributed by atoms with Gasteiger partial charge in [0.1, 0.15) is 6.54 Å². The predicted molar refractivity (Wildman–Crippen MR) is 112 cm³/mol. The number of rotatable bonds is 3. The van der Waals surface area contributed by atoms with Gasteiger partial charge < -0.3 is 19.7 Å². The lowest BCUT2D eigenvalue weighted by Crippen LogP contribution is -2.50. The van der Waals surface area contributed by atoms with Crippen LogP contribution in [0.15, 0.2) is 54.7 Å². The zero-order valence-corrected chi connectivity index (χ0v) is 16.5. The van der Waals surface area contributed by atoms with E-state index in [2.05, 4.69) is 23.0 Å². The number of hydrogen-bond donors (Lipinski definition) is 1. The molecule has 6 heteroatoms. The molecular formula is C23H24N4O2. The van der Waals surface area contributed by atoms with Crippen LogP contribution in [0.25, 0.3) is 10.9 Å². The standard InChI is InChI=1S/C23H24N4O2/c1-25-10-12-26(13-11-25)21(28)15-27-22(17-7-2-3-8-18(17)23(27)29)19-14-24-20-9-5-4-6-16(19)20/h2-9,14,22,24H,10-13,15H2,1H3/t22-/m0/s1. The first-order valence-electron chi connectivity index (χ1n) is 10.1. The summed E-state index contributed by atoms with van der Waals surface area (Å²) in [5.74, 6) is -0.0533. The molecule has 1 saturated heterocycles. The number of nitrogens with zero attached hydrogens (tertiary/aromatic N) is 3. The predicted octanol–water partition coefficient (Wildman–Crippen LogP) is 2.49. The summed E-state index contributed by atoms with van der Waals surface area (Å²) in [6.45, 7) is 3.25. The van der Waals surface area contributed by atoms with E-state index in [-0.39, 0.29) is 24.4 Å². The van der Waals surface area contributed by atoms with Gasteiger partial charge in [-0.15, -0.1) is 0 Å². The first-order valence-corrected chi connectivity index (χ1v) is 10.1. The Kier molecular flexibility index (Phi) is 4.36. The number of piperazine rings is 1. The molecule has 1 atom stereocenters. The molecule has 0 saturated carbocycles. The van der Waals surface area contributed by atoms with Crippen molar-refractivity contribution < 1.29 is 9.59 Å². The molecule has 1 N–H and O–H groups in total. The first kappa shape index (κ1) is 17.9. The molecule has 29 heavy (non-hydrogen) atoms. The molecule has 0 bridgehead atoms. The fraction of sp³-hybridized carbons (Fsp3) is 0.304. The summed E-state index contributed by atoms with van der Waals surface area (Å²) >= 11 is 0. The summed E-state index contributed by atoms with van der Waals surface area (Å²) in [4.78, 5) is 35.4. The number of hydrogen-bond acceptors (Lipinski definition) is 3. The number of aromatic amines is 1. The van der Waals surface area contributed by atoms with Crippen molar-refractivity contribution >= 4 is 22.7 Å². The second-order valence-electron chi connectivity index (χ2n) is 7.90. The van der Waals surface area contributed by atoms with Crippen LogP contribution in [0.2, 0.25) is 0 Å². The summed E-state index contributed by atoms with van der Waals surface area (Å²) in [6.07, 6.45) is 1.97. The van der Waals surface area contributed by atoms with Gasteiger partial charge in [-0.1, -0.05) is 36.4 Å². The minimum atomic E-state index is -0.258. The van der Waals surface area contributed by atoms with Crippen LogP contribution in [0.5, 0.6) is 0 Å². The van der Waals surface area contributed by atoms with E-state index in [1.165, 1.54) is 0 Å². The lowest BCUT2D eigenvalue weighted by Gasteiger charge is -2.34. The maximum atomic E-state index is 13.2. The molecule has 2 aromatic carbocycles. The molecule has 0 unspecified atom stereocenters. The molecule has 5 rings (SSSR count). The fourth-order valence-corrected chi connectivity index (χ4v) is 4.49. The number of H-pyrrole nitrogens is 1. The quantitative estimate of drug-likeness (QED) is 0.750. The van der Waals surface area contributed by atoms with Crippen LogP contribution < -0.4 is 0 Å². The van der Waals surface area contributed by atoms with Gasteiger partial charge in [-0.05, 0) is 24.7 Å². The van der Waals surface area contributed by atoms with Crippen molar-refractivity contribution in [3.05, 3.63) is 71.4 Å². The summed E-state index contributed by atoms with van der Waals surface area (Å²) in [5.41, 5.74) is 3.72. The molecule has 2 aliphatic rings.